The van der Waals surface area contributed by atoms with Crippen LogP contribution in [0.15, 0.2) is 24.3 Å². The Morgan fingerprint density at radius 2 is 1.94 bits per heavy atom. The Labute approximate surface area is 186 Å². The van der Waals surface area contributed by atoms with Crippen LogP contribution in [0.2, 0.25) is 0 Å². The molecule has 2 saturated heterocycles. The second kappa shape index (κ2) is 9.10. The molecule has 170 valence electrons. The van der Waals surface area contributed by atoms with Gasteiger partial charge in [-0.1, -0.05) is 12.1 Å². The molecule has 2 fully saturated rings. The first-order chi connectivity index (χ1) is 15.3. The Morgan fingerprint density at radius 1 is 1.19 bits per heavy atom. The van der Waals surface area contributed by atoms with Gasteiger partial charge in [-0.3, -0.25) is 19.5 Å². The summed E-state index contributed by atoms with van der Waals surface area (Å²) in [4.78, 5) is 43.8. The Balaban J connectivity index is 1.44. The average molecular weight is 442 g/mol. The summed E-state index contributed by atoms with van der Waals surface area (Å²) in [6.07, 6.45) is 1.56. The largest absolute Gasteiger partial charge is 0.340 e. The van der Waals surface area contributed by atoms with Crippen molar-refractivity contribution < 1.29 is 18.8 Å². The van der Waals surface area contributed by atoms with E-state index in [0.717, 1.165) is 22.5 Å². The number of nitrogens with one attached hydrogen (secondary N) is 1. The highest BCUT2D eigenvalue weighted by molar-refractivity contribution is 5.95. The van der Waals surface area contributed by atoms with Gasteiger partial charge < -0.3 is 14.7 Å². The van der Waals surface area contributed by atoms with Gasteiger partial charge >= 0.3 is 0 Å². The Kier molecular flexibility index (Phi) is 6.25. The van der Waals surface area contributed by atoms with Gasteiger partial charge in [0.15, 0.2) is 0 Å². The number of H-pyrrole nitrogens is 1. The van der Waals surface area contributed by atoms with Crippen LogP contribution in [0.4, 0.5) is 4.39 Å². The van der Waals surface area contributed by atoms with Gasteiger partial charge in [-0.15, -0.1) is 0 Å². The third-order valence-electron chi connectivity index (χ3n) is 6.35. The molecule has 0 aliphatic carbocycles. The molecule has 0 saturated carbocycles. The molecule has 3 heterocycles. The molecule has 4 rings (SSSR count). The topological polar surface area (TPSA) is 89.6 Å². The maximum Gasteiger partial charge on any atom is 0.247 e. The number of aromatic nitrogens is 2. The van der Waals surface area contributed by atoms with Crippen molar-refractivity contribution in [2.75, 3.05) is 26.2 Å². The predicted molar refractivity (Wildman–Crippen MR) is 115 cm³/mol. The van der Waals surface area contributed by atoms with E-state index >= 15 is 0 Å². The van der Waals surface area contributed by atoms with Crippen molar-refractivity contribution in [3.8, 4) is 0 Å². The third-order valence-corrected chi connectivity index (χ3v) is 6.35. The van der Waals surface area contributed by atoms with Crippen LogP contribution in [0.25, 0.3) is 0 Å². The van der Waals surface area contributed by atoms with E-state index in [1.54, 1.807) is 21.9 Å². The van der Waals surface area contributed by atoms with Crippen LogP contribution >= 0.6 is 0 Å². The van der Waals surface area contributed by atoms with Crippen LogP contribution in [0.3, 0.4) is 0 Å². The summed E-state index contributed by atoms with van der Waals surface area (Å²) in [6.45, 7) is 5.27. The van der Waals surface area contributed by atoms with E-state index in [1.165, 1.54) is 17.0 Å². The lowest BCUT2D eigenvalue weighted by atomic mass is 10.1. The minimum Gasteiger partial charge on any atom is -0.340 e. The first-order valence-corrected chi connectivity index (χ1v) is 10.9. The molecule has 1 unspecified atom stereocenters. The average Bonchev–Trinajstić information content (AvgIpc) is 2.96. The van der Waals surface area contributed by atoms with E-state index < -0.39 is 6.04 Å². The van der Waals surface area contributed by atoms with Crippen molar-refractivity contribution in [1.82, 2.24) is 24.9 Å². The summed E-state index contributed by atoms with van der Waals surface area (Å²) < 4.78 is 13.2. The highest BCUT2D eigenvalue weighted by atomic mass is 19.1. The number of benzene rings is 1. The minimum absolute atomic E-state index is 0.000298. The van der Waals surface area contributed by atoms with E-state index in [4.69, 9.17) is 0 Å². The van der Waals surface area contributed by atoms with Crippen molar-refractivity contribution >= 4 is 17.7 Å². The summed E-state index contributed by atoms with van der Waals surface area (Å²) in [5.41, 5.74) is 3.65. The van der Waals surface area contributed by atoms with Gasteiger partial charge in [-0.2, -0.15) is 5.10 Å². The smallest absolute Gasteiger partial charge is 0.247 e. The lowest BCUT2D eigenvalue weighted by molar-refractivity contribution is -0.157. The molecule has 9 heteroatoms. The van der Waals surface area contributed by atoms with Crippen molar-refractivity contribution in [1.29, 1.82) is 0 Å². The molecule has 0 radical (unpaired) electrons. The van der Waals surface area contributed by atoms with Crippen molar-refractivity contribution in [2.45, 2.75) is 45.7 Å². The van der Waals surface area contributed by atoms with Crippen LogP contribution in [0.1, 0.15) is 35.4 Å². The summed E-state index contributed by atoms with van der Waals surface area (Å²) in [6, 6.07) is 5.23. The molecular formula is C23H28FN5O3. The minimum atomic E-state index is -0.680. The standard InChI is InChI=1S/C23H28FN5O3/c1-15-19(16(2)26-25-15)8-9-21(30)27-10-3-11-29-20(13-27)23(32)28(14-22(29)31)12-17-4-6-18(24)7-5-17/h4-7,20H,3,8-14H2,1-2H3,(H,25,26). The highest BCUT2D eigenvalue weighted by Crippen LogP contribution is 2.21. The zero-order valence-corrected chi connectivity index (χ0v) is 18.4. The van der Waals surface area contributed by atoms with E-state index in [1.807, 2.05) is 13.8 Å². The number of piperazine rings is 1. The van der Waals surface area contributed by atoms with Gasteiger partial charge in [-0.25, -0.2) is 4.39 Å². The summed E-state index contributed by atoms with van der Waals surface area (Å²) in [7, 11) is 0. The van der Waals surface area contributed by atoms with Gasteiger partial charge in [0, 0.05) is 31.7 Å². The van der Waals surface area contributed by atoms with E-state index in [0.29, 0.717) is 32.4 Å². The number of rotatable bonds is 5. The second-order valence-corrected chi connectivity index (χ2v) is 8.53. The molecule has 2 aliphatic rings. The fourth-order valence-electron chi connectivity index (χ4n) is 4.54. The maximum absolute atomic E-state index is 13.2. The molecule has 32 heavy (non-hydrogen) atoms. The van der Waals surface area contributed by atoms with Gasteiger partial charge in [0.05, 0.1) is 12.2 Å². The molecule has 0 bridgehead atoms. The second-order valence-electron chi connectivity index (χ2n) is 8.53. The zero-order valence-electron chi connectivity index (χ0n) is 18.4. The zero-order chi connectivity index (χ0) is 22.8. The van der Waals surface area contributed by atoms with Gasteiger partial charge in [0.1, 0.15) is 18.4 Å². The molecule has 0 spiro atoms. The maximum atomic E-state index is 13.2. The Bertz CT molecular complexity index is 1000. The number of nitrogens with zero attached hydrogens (tertiary/aromatic N) is 4. The highest BCUT2D eigenvalue weighted by Gasteiger charge is 2.41. The number of amides is 3. The third kappa shape index (κ3) is 4.51. The molecule has 1 atom stereocenters. The van der Waals surface area contributed by atoms with Crippen LogP contribution in [0, 0.1) is 19.7 Å². The number of carbonyl (C=O) groups is 3. The van der Waals surface area contributed by atoms with Gasteiger partial charge in [-0.05, 0) is 49.9 Å². The van der Waals surface area contributed by atoms with Gasteiger partial charge in [0.2, 0.25) is 17.7 Å². The first-order valence-electron chi connectivity index (χ1n) is 10.9. The molecule has 2 aromatic rings. The lowest BCUT2D eigenvalue weighted by Gasteiger charge is -2.40. The molecule has 8 nitrogen and oxygen atoms in total. The normalized spacial score (nSPS) is 19.2. The molecule has 3 amide bonds. The van der Waals surface area contributed by atoms with E-state index in [9.17, 15) is 18.8 Å². The van der Waals surface area contributed by atoms with E-state index in [-0.39, 0.29) is 43.2 Å². The molecule has 1 N–H and O–H groups in total. The fourth-order valence-corrected chi connectivity index (χ4v) is 4.54. The number of aryl methyl sites for hydroxylation is 2. The SMILES string of the molecule is Cc1n[nH]c(C)c1CCC(=O)N1CCCN2C(=O)CN(Cc3ccc(F)cc3)C(=O)C2C1. The Morgan fingerprint density at radius 3 is 2.62 bits per heavy atom. The van der Waals surface area contributed by atoms with Crippen molar-refractivity contribution in [2.24, 2.45) is 0 Å². The molecule has 1 aromatic carbocycles. The summed E-state index contributed by atoms with van der Waals surface area (Å²) >= 11 is 0. The number of hydrogen-bond donors (Lipinski definition) is 1. The number of hydrogen-bond acceptors (Lipinski definition) is 4. The molecular weight excluding hydrogens is 413 g/mol. The number of halogens is 1. The summed E-state index contributed by atoms with van der Waals surface area (Å²) in [5.74, 6) is -0.659. The monoisotopic (exact) mass is 441 g/mol. The molecule has 2 aliphatic heterocycles. The number of fused-ring (bicyclic) bond motifs is 1. The van der Waals surface area contributed by atoms with Crippen LogP contribution in [0.5, 0.6) is 0 Å². The van der Waals surface area contributed by atoms with Crippen LogP contribution in [-0.4, -0.2) is 74.8 Å². The van der Waals surface area contributed by atoms with Gasteiger partial charge in [0.25, 0.3) is 0 Å². The molecule has 1 aromatic heterocycles. The van der Waals surface area contributed by atoms with Crippen molar-refractivity contribution in [3.05, 3.63) is 52.6 Å². The first kappa shape index (κ1) is 22.0. The number of carbonyl (C=O) groups excluding carboxylic acids is 3. The van der Waals surface area contributed by atoms with Crippen LogP contribution in [-0.2, 0) is 27.3 Å². The fraction of sp³-hybridized carbons (Fsp3) is 0.478. The Hall–Kier alpha value is -3.23. The van der Waals surface area contributed by atoms with Crippen molar-refractivity contribution in [3.63, 3.8) is 0 Å². The number of aromatic amines is 1. The quantitative estimate of drug-likeness (QED) is 0.763. The van der Waals surface area contributed by atoms with Crippen LogP contribution < -0.4 is 0 Å². The summed E-state index contributed by atoms with van der Waals surface area (Å²) in [5, 5.41) is 7.11. The predicted octanol–water partition coefficient (Wildman–Crippen LogP) is 1.57. The lowest BCUT2D eigenvalue weighted by Crippen LogP contribution is -2.61. The van der Waals surface area contributed by atoms with E-state index in [2.05, 4.69) is 10.2 Å².